The second-order valence-corrected chi connectivity index (χ2v) is 4.41. The zero-order valence-electron chi connectivity index (χ0n) is 10.3. The second-order valence-electron chi connectivity index (χ2n) is 4.00. The average Bonchev–Trinajstić information content (AvgIpc) is 2.47. The molecule has 2 aromatic rings. The fourth-order valence-electron chi connectivity index (χ4n) is 1.70. The third-order valence-corrected chi connectivity index (χ3v) is 3.01. The van der Waals surface area contributed by atoms with Crippen LogP contribution in [-0.2, 0) is 0 Å². The van der Waals surface area contributed by atoms with E-state index in [4.69, 9.17) is 16.9 Å². The van der Waals surface area contributed by atoms with Crippen molar-refractivity contribution in [3.63, 3.8) is 0 Å². The molecule has 4 nitrogen and oxygen atoms in total. The van der Waals surface area contributed by atoms with Gasteiger partial charge in [-0.3, -0.25) is 10.1 Å². The van der Waals surface area contributed by atoms with Crippen molar-refractivity contribution >= 4 is 28.4 Å². The van der Waals surface area contributed by atoms with Gasteiger partial charge in [0.1, 0.15) is 11.6 Å². The maximum absolute atomic E-state index is 10.9. The molecule has 2 rings (SSSR count). The summed E-state index contributed by atoms with van der Waals surface area (Å²) in [6.07, 6.45) is 1.71. The Labute approximate surface area is 120 Å². The van der Waals surface area contributed by atoms with Gasteiger partial charge in [0.15, 0.2) is 0 Å². The van der Waals surface area contributed by atoms with Crippen LogP contribution in [0.15, 0.2) is 48.5 Å². The molecule has 0 saturated heterocycles. The molecule has 0 radical (unpaired) electrons. The maximum atomic E-state index is 10.9. The minimum atomic E-state index is -0.589. The highest BCUT2D eigenvalue weighted by atomic mass is 35.5. The predicted octanol–water partition coefficient (Wildman–Crippen LogP) is 4.20. The summed E-state index contributed by atoms with van der Waals surface area (Å²) >= 11 is 6.17. The van der Waals surface area contributed by atoms with E-state index in [1.165, 1.54) is 12.1 Å². The van der Waals surface area contributed by atoms with Crippen LogP contribution in [0.4, 0.5) is 5.69 Å². The molecule has 2 aromatic carbocycles. The Morgan fingerprint density at radius 3 is 2.55 bits per heavy atom. The SMILES string of the molecule is N#Cc1ccc(/C(Cl)=C/c2ccccc2)cc1[N+](=O)[O-]. The molecule has 0 fully saturated rings. The van der Waals surface area contributed by atoms with Gasteiger partial charge in [0.2, 0.25) is 0 Å². The van der Waals surface area contributed by atoms with Gasteiger partial charge in [-0.05, 0) is 23.3 Å². The van der Waals surface area contributed by atoms with E-state index in [2.05, 4.69) is 0 Å². The Bertz CT molecular complexity index is 718. The van der Waals surface area contributed by atoms with E-state index in [0.717, 1.165) is 5.56 Å². The van der Waals surface area contributed by atoms with Gasteiger partial charge in [-0.2, -0.15) is 5.26 Å². The van der Waals surface area contributed by atoms with E-state index in [-0.39, 0.29) is 11.3 Å². The number of benzene rings is 2. The maximum Gasteiger partial charge on any atom is 0.287 e. The van der Waals surface area contributed by atoms with Crippen molar-refractivity contribution in [1.29, 1.82) is 5.26 Å². The summed E-state index contributed by atoms with van der Waals surface area (Å²) in [6.45, 7) is 0. The van der Waals surface area contributed by atoms with E-state index < -0.39 is 4.92 Å². The fourth-order valence-corrected chi connectivity index (χ4v) is 1.95. The summed E-state index contributed by atoms with van der Waals surface area (Å²) in [7, 11) is 0. The number of halogens is 1. The third-order valence-electron chi connectivity index (χ3n) is 2.68. The monoisotopic (exact) mass is 284 g/mol. The molecule has 5 heteroatoms. The van der Waals surface area contributed by atoms with Gasteiger partial charge in [0.25, 0.3) is 5.69 Å². The molecule has 0 unspecified atom stereocenters. The van der Waals surface area contributed by atoms with Crippen LogP contribution in [-0.4, -0.2) is 4.92 Å². The lowest BCUT2D eigenvalue weighted by molar-refractivity contribution is -0.385. The van der Waals surface area contributed by atoms with Crippen LogP contribution in [0.1, 0.15) is 16.7 Å². The summed E-state index contributed by atoms with van der Waals surface area (Å²) in [6, 6.07) is 15.5. The minimum Gasteiger partial charge on any atom is -0.258 e. The molecule has 0 spiro atoms. The minimum absolute atomic E-state index is 0.0166. The molecule has 0 N–H and O–H groups in total. The molecule has 0 saturated carbocycles. The number of hydrogen-bond donors (Lipinski definition) is 0. The highest BCUT2D eigenvalue weighted by molar-refractivity contribution is 6.51. The standard InChI is InChI=1S/C15H9ClN2O2/c16-14(8-11-4-2-1-3-5-11)12-6-7-13(10-17)15(9-12)18(19)20/h1-9H/b14-8-. The highest BCUT2D eigenvalue weighted by Gasteiger charge is 2.15. The highest BCUT2D eigenvalue weighted by Crippen LogP contribution is 2.27. The lowest BCUT2D eigenvalue weighted by Crippen LogP contribution is -1.93. The molecule has 0 aliphatic rings. The zero-order chi connectivity index (χ0) is 14.5. The van der Waals surface area contributed by atoms with Crippen molar-refractivity contribution in [3.8, 4) is 6.07 Å². The van der Waals surface area contributed by atoms with E-state index in [0.29, 0.717) is 10.6 Å². The number of nitro groups is 1. The van der Waals surface area contributed by atoms with Gasteiger partial charge in [0, 0.05) is 11.1 Å². The van der Waals surface area contributed by atoms with Gasteiger partial charge in [-0.1, -0.05) is 48.0 Å². The number of nitro benzene ring substituents is 1. The second kappa shape index (κ2) is 6.00. The van der Waals surface area contributed by atoms with Crippen molar-refractivity contribution in [1.82, 2.24) is 0 Å². The van der Waals surface area contributed by atoms with E-state index in [9.17, 15) is 10.1 Å². The third kappa shape index (κ3) is 3.02. The first-order valence-electron chi connectivity index (χ1n) is 5.73. The summed E-state index contributed by atoms with van der Waals surface area (Å²) < 4.78 is 0. The number of hydrogen-bond acceptors (Lipinski definition) is 3. The van der Waals surface area contributed by atoms with Crippen LogP contribution in [0.25, 0.3) is 11.1 Å². The van der Waals surface area contributed by atoms with Crippen LogP contribution < -0.4 is 0 Å². The van der Waals surface area contributed by atoms with Gasteiger partial charge in [-0.25, -0.2) is 0 Å². The Hall–Kier alpha value is -2.64. The lowest BCUT2D eigenvalue weighted by Gasteiger charge is -2.01. The van der Waals surface area contributed by atoms with Gasteiger partial charge in [-0.15, -0.1) is 0 Å². The first kappa shape index (κ1) is 13.8. The van der Waals surface area contributed by atoms with E-state index in [1.807, 2.05) is 30.3 Å². The zero-order valence-corrected chi connectivity index (χ0v) is 11.0. The van der Waals surface area contributed by atoms with Crippen molar-refractivity contribution in [3.05, 3.63) is 75.3 Å². The van der Waals surface area contributed by atoms with Crippen LogP contribution in [0.5, 0.6) is 0 Å². The van der Waals surface area contributed by atoms with Crippen LogP contribution in [0, 0.1) is 21.4 Å². The first-order valence-corrected chi connectivity index (χ1v) is 6.11. The fraction of sp³-hybridized carbons (Fsp3) is 0. The lowest BCUT2D eigenvalue weighted by atomic mass is 10.1. The largest absolute Gasteiger partial charge is 0.287 e. The van der Waals surface area contributed by atoms with Crippen molar-refractivity contribution in [2.75, 3.05) is 0 Å². The number of rotatable bonds is 3. The molecule has 0 atom stereocenters. The Morgan fingerprint density at radius 2 is 1.95 bits per heavy atom. The molecule has 0 aliphatic carbocycles. The molecule has 98 valence electrons. The number of nitriles is 1. The van der Waals surface area contributed by atoms with Gasteiger partial charge in [0.05, 0.1) is 4.92 Å². The topological polar surface area (TPSA) is 66.9 Å². The molecular formula is C15H9ClN2O2. The molecule has 0 amide bonds. The molecule has 20 heavy (non-hydrogen) atoms. The molecule has 0 aromatic heterocycles. The van der Waals surface area contributed by atoms with Crippen LogP contribution in [0.3, 0.4) is 0 Å². The quantitative estimate of drug-likeness (QED) is 0.482. The molecule has 0 aliphatic heterocycles. The van der Waals surface area contributed by atoms with Crippen LogP contribution in [0.2, 0.25) is 0 Å². The predicted molar refractivity (Wildman–Crippen MR) is 78.0 cm³/mol. The summed E-state index contributed by atoms with van der Waals surface area (Å²) in [5.74, 6) is 0. The summed E-state index contributed by atoms with van der Waals surface area (Å²) in [4.78, 5) is 10.3. The Kier molecular flexibility index (Phi) is 4.14. The van der Waals surface area contributed by atoms with Crippen molar-refractivity contribution in [2.45, 2.75) is 0 Å². The summed E-state index contributed by atoms with van der Waals surface area (Å²) in [5.41, 5.74) is 1.17. The first-order chi connectivity index (χ1) is 9.61. The van der Waals surface area contributed by atoms with Gasteiger partial charge < -0.3 is 0 Å². The van der Waals surface area contributed by atoms with E-state index >= 15 is 0 Å². The summed E-state index contributed by atoms with van der Waals surface area (Å²) in [5, 5.41) is 20.1. The van der Waals surface area contributed by atoms with Crippen molar-refractivity contribution < 1.29 is 4.92 Å². The molecule has 0 heterocycles. The van der Waals surface area contributed by atoms with Crippen molar-refractivity contribution in [2.24, 2.45) is 0 Å². The molecule has 0 bridgehead atoms. The number of nitrogens with zero attached hydrogens (tertiary/aromatic N) is 2. The molecular weight excluding hydrogens is 276 g/mol. The Balaban J connectivity index is 2.44. The van der Waals surface area contributed by atoms with E-state index in [1.54, 1.807) is 18.2 Å². The van der Waals surface area contributed by atoms with Gasteiger partial charge >= 0.3 is 0 Å². The smallest absolute Gasteiger partial charge is 0.258 e. The van der Waals surface area contributed by atoms with Crippen LogP contribution >= 0.6 is 11.6 Å². The normalized spacial score (nSPS) is 10.9. The average molecular weight is 285 g/mol. The Morgan fingerprint density at radius 1 is 1.25 bits per heavy atom.